The third-order valence-corrected chi connectivity index (χ3v) is 4.02. The van der Waals surface area contributed by atoms with Gasteiger partial charge in [0.25, 0.3) is 0 Å². The summed E-state index contributed by atoms with van der Waals surface area (Å²) in [4.78, 5) is 4.38. The predicted octanol–water partition coefficient (Wildman–Crippen LogP) is 3.25. The van der Waals surface area contributed by atoms with E-state index in [1.54, 1.807) is 0 Å². The van der Waals surface area contributed by atoms with E-state index in [0.29, 0.717) is 0 Å². The maximum Gasteiger partial charge on any atom is 0.119 e. The smallest absolute Gasteiger partial charge is 0.119 e. The number of nitrogens with zero attached hydrogens (tertiary/aromatic N) is 1. The number of pyridine rings is 1. The molecule has 0 saturated carbocycles. The summed E-state index contributed by atoms with van der Waals surface area (Å²) in [5.74, 6) is 0. The molecule has 0 saturated heterocycles. The third-order valence-electron chi connectivity index (χ3n) is 1.80. The maximum absolute atomic E-state index is 5.94. The second-order valence-electron chi connectivity index (χ2n) is 2.90. The lowest BCUT2D eigenvalue weighted by molar-refractivity contribution is 0.620. The topological polar surface area (TPSA) is 38.9 Å². The fourth-order valence-electron chi connectivity index (χ4n) is 1.10. The van der Waals surface area contributed by atoms with Gasteiger partial charge in [0.05, 0.1) is 5.69 Å². The molecule has 0 aliphatic carbocycles. The average molecular weight is 355 g/mol. The number of nitrogens with two attached hydrogens (primary N) is 1. The summed E-state index contributed by atoms with van der Waals surface area (Å²) in [5, 5.41) is 0. The Morgan fingerprint density at radius 2 is 2.31 bits per heavy atom. The van der Waals surface area contributed by atoms with E-state index in [9.17, 15) is 0 Å². The van der Waals surface area contributed by atoms with Gasteiger partial charge in [-0.25, -0.2) is 4.98 Å². The number of hydrogen-bond donors (Lipinski definition) is 1. The third kappa shape index (κ3) is 3.18. The van der Waals surface area contributed by atoms with Crippen LogP contribution in [0.2, 0.25) is 0 Å². The molecule has 4 heteroatoms. The Morgan fingerprint density at radius 3 is 2.85 bits per heavy atom. The minimum absolute atomic E-state index is 0.0679. The molecule has 0 aliphatic heterocycles. The fraction of sp³-hybridized carbons (Fsp3) is 0.444. The quantitative estimate of drug-likeness (QED) is 0.668. The van der Waals surface area contributed by atoms with Gasteiger partial charge in [-0.3, -0.25) is 0 Å². The molecule has 1 unspecified atom stereocenters. The van der Waals surface area contributed by atoms with E-state index in [1.165, 1.54) is 0 Å². The van der Waals surface area contributed by atoms with Crippen LogP contribution in [0.25, 0.3) is 0 Å². The van der Waals surface area contributed by atoms with Gasteiger partial charge in [-0.05, 0) is 57.1 Å². The van der Waals surface area contributed by atoms with Crippen LogP contribution < -0.4 is 5.73 Å². The summed E-state index contributed by atoms with van der Waals surface area (Å²) in [5.41, 5.74) is 6.91. The van der Waals surface area contributed by atoms with Gasteiger partial charge >= 0.3 is 0 Å². The van der Waals surface area contributed by atoms with Crippen LogP contribution in [-0.4, -0.2) is 4.98 Å². The van der Waals surface area contributed by atoms with E-state index in [0.717, 1.165) is 26.7 Å². The highest BCUT2D eigenvalue weighted by Crippen LogP contribution is 2.20. The van der Waals surface area contributed by atoms with Crippen LogP contribution >= 0.6 is 38.5 Å². The molecule has 0 amide bonds. The Kier molecular flexibility index (Phi) is 4.61. The Balaban J connectivity index is 2.84. The van der Waals surface area contributed by atoms with Gasteiger partial charge in [-0.1, -0.05) is 13.3 Å². The van der Waals surface area contributed by atoms with Crippen molar-refractivity contribution in [1.82, 2.24) is 4.98 Å². The van der Waals surface area contributed by atoms with Crippen molar-refractivity contribution in [3.63, 3.8) is 0 Å². The molecule has 1 aromatic heterocycles. The van der Waals surface area contributed by atoms with Crippen LogP contribution in [0.3, 0.4) is 0 Å². The summed E-state index contributed by atoms with van der Waals surface area (Å²) in [7, 11) is 0. The number of halogens is 2. The first-order valence-corrected chi connectivity index (χ1v) is 6.09. The summed E-state index contributed by atoms with van der Waals surface area (Å²) in [6.45, 7) is 2.13. The predicted molar refractivity (Wildman–Crippen MR) is 66.5 cm³/mol. The molecule has 1 heterocycles. The Bertz CT molecular complexity index is 291. The van der Waals surface area contributed by atoms with Gasteiger partial charge in [0.1, 0.15) is 4.60 Å². The summed E-state index contributed by atoms with van der Waals surface area (Å²) in [6, 6.07) is 4.09. The number of hydrogen-bond acceptors (Lipinski definition) is 2. The maximum atomic E-state index is 5.94. The SMILES string of the molecule is CCCC(N)c1ccc(I)c(Br)n1. The first-order valence-electron chi connectivity index (χ1n) is 4.22. The largest absolute Gasteiger partial charge is 0.323 e. The zero-order valence-electron chi connectivity index (χ0n) is 7.43. The van der Waals surface area contributed by atoms with Crippen molar-refractivity contribution < 1.29 is 0 Å². The van der Waals surface area contributed by atoms with Crippen molar-refractivity contribution in [2.24, 2.45) is 5.73 Å². The van der Waals surface area contributed by atoms with Crippen LogP contribution in [0.4, 0.5) is 0 Å². The van der Waals surface area contributed by atoms with Crippen molar-refractivity contribution in [3.05, 3.63) is 26.0 Å². The molecule has 0 aliphatic rings. The molecule has 0 fully saturated rings. The molecule has 13 heavy (non-hydrogen) atoms. The molecule has 72 valence electrons. The highest BCUT2D eigenvalue weighted by atomic mass is 127. The Hall–Kier alpha value is 0.320. The lowest BCUT2D eigenvalue weighted by Crippen LogP contribution is -2.11. The van der Waals surface area contributed by atoms with E-state index < -0.39 is 0 Å². The van der Waals surface area contributed by atoms with Gasteiger partial charge in [0, 0.05) is 9.61 Å². The van der Waals surface area contributed by atoms with E-state index in [-0.39, 0.29) is 6.04 Å². The lowest BCUT2D eigenvalue weighted by Gasteiger charge is -2.09. The zero-order valence-corrected chi connectivity index (χ0v) is 11.2. The van der Waals surface area contributed by atoms with Gasteiger partial charge < -0.3 is 5.73 Å². The average Bonchev–Trinajstić information content (AvgIpc) is 2.10. The van der Waals surface area contributed by atoms with Crippen molar-refractivity contribution in [2.45, 2.75) is 25.8 Å². The van der Waals surface area contributed by atoms with Crippen LogP contribution in [0.5, 0.6) is 0 Å². The fourth-order valence-corrected chi connectivity index (χ4v) is 1.73. The van der Waals surface area contributed by atoms with E-state index >= 15 is 0 Å². The monoisotopic (exact) mass is 354 g/mol. The highest BCUT2D eigenvalue weighted by molar-refractivity contribution is 14.1. The van der Waals surface area contributed by atoms with E-state index in [4.69, 9.17) is 5.73 Å². The zero-order chi connectivity index (χ0) is 9.84. The van der Waals surface area contributed by atoms with Crippen LogP contribution in [0, 0.1) is 3.57 Å². The second kappa shape index (κ2) is 5.26. The first-order chi connectivity index (χ1) is 6.15. The Morgan fingerprint density at radius 1 is 1.62 bits per heavy atom. The molecule has 0 radical (unpaired) electrons. The van der Waals surface area contributed by atoms with E-state index in [1.807, 2.05) is 12.1 Å². The molecular formula is C9H12BrIN2. The highest BCUT2D eigenvalue weighted by Gasteiger charge is 2.07. The van der Waals surface area contributed by atoms with Gasteiger partial charge in [0.15, 0.2) is 0 Å². The van der Waals surface area contributed by atoms with Crippen molar-refractivity contribution in [2.75, 3.05) is 0 Å². The molecule has 2 N–H and O–H groups in total. The molecule has 0 aromatic carbocycles. The van der Waals surface area contributed by atoms with Crippen molar-refractivity contribution in [1.29, 1.82) is 0 Å². The second-order valence-corrected chi connectivity index (χ2v) is 4.82. The number of aromatic nitrogens is 1. The van der Waals surface area contributed by atoms with E-state index in [2.05, 4.69) is 50.4 Å². The summed E-state index contributed by atoms with van der Waals surface area (Å²) >= 11 is 5.63. The molecule has 2 nitrogen and oxygen atoms in total. The molecule has 1 rings (SSSR count). The minimum atomic E-state index is 0.0679. The molecule has 0 spiro atoms. The molecular weight excluding hydrogens is 343 g/mol. The molecule has 0 bridgehead atoms. The summed E-state index contributed by atoms with van der Waals surface area (Å²) in [6.07, 6.45) is 2.08. The minimum Gasteiger partial charge on any atom is -0.323 e. The van der Waals surface area contributed by atoms with Crippen LogP contribution in [0.1, 0.15) is 31.5 Å². The Labute approximate surface area is 101 Å². The lowest BCUT2D eigenvalue weighted by atomic mass is 10.1. The van der Waals surface area contributed by atoms with Crippen LogP contribution in [-0.2, 0) is 0 Å². The molecule has 1 atom stereocenters. The summed E-state index contributed by atoms with van der Waals surface area (Å²) < 4.78 is 2.00. The standard InChI is InChI=1S/C9H12BrIN2/c1-2-3-7(12)8-5-4-6(11)9(10)13-8/h4-5,7H,2-3,12H2,1H3. The first kappa shape index (κ1) is 11.4. The van der Waals surface area contributed by atoms with Crippen molar-refractivity contribution in [3.8, 4) is 0 Å². The van der Waals surface area contributed by atoms with Gasteiger partial charge in [0.2, 0.25) is 0 Å². The number of rotatable bonds is 3. The van der Waals surface area contributed by atoms with Crippen molar-refractivity contribution >= 4 is 38.5 Å². The normalized spacial score (nSPS) is 12.9. The molecule has 1 aromatic rings. The van der Waals surface area contributed by atoms with Gasteiger partial charge in [-0.15, -0.1) is 0 Å². The van der Waals surface area contributed by atoms with Gasteiger partial charge in [-0.2, -0.15) is 0 Å². The van der Waals surface area contributed by atoms with Crippen LogP contribution in [0.15, 0.2) is 16.7 Å².